The number of anilines is 2. The molecule has 0 N–H and O–H groups in total. The molecule has 0 spiro atoms. The Morgan fingerprint density at radius 1 is 1.00 bits per heavy atom. The summed E-state index contributed by atoms with van der Waals surface area (Å²) in [5.41, 5.74) is 6.58. The van der Waals surface area contributed by atoms with E-state index in [2.05, 4.69) is 54.2 Å². The zero-order valence-electron chi connectivity index (χ0n) is 18.7. The van der Waals surface area contributed by atoms with Crippen molar-refractivity contribution in [3.8, 4) is 0 Å². The Morgan fingerprint density at radius 2 is 1.72 bits per heavy atom. The topological polar surface area (TPSA) is 32.7 Å². The van der Waals surface area contributed by atoms with Crippen LogP contribution in [0.4, 0.5) is 11.4 Å². The van der Waals surface area contributed by atoms with Crippen molar-refractivity contribution in [1.29, 1.82) is 0 Å². The summed E-state index contributed by atoms with van der Waals surface area (Å²) in [4.78, 5) is 4.47. The summed E-state index contributed by atoms with van der Waals surface area (Å²) in [6, 6.07) is 8.17. The molecule has 0 unspecified atom stereocenters. The maximum absolute atomic E-state index is 6.33. The van der Waals surface area contributed by atoms with Crippen molar-refractivity contribution >= 4 is 51.8 Å². The normalized spacial score (nSPS) is 15.7. The minimum atomic E-state index is 0.555. The average molecular weight is 471 g/mol. The predicted molar refractivity (Wildman–Crippen MR) is 130 cm³/mol. The highest BCUT2D eigenvalue weighted by Gasteiger charge is 2.36. The Balaban J connectivity index is 1.60. The van der Waals surface area contributed by atoms with E-state index in [0.717, 1.165) is 59.6 Å². The van der Waals surface area contributed by atoms with Crippen LogP contribution >= 0.6 is 23.2 Å². The van der Waals surface area contributed by atoms with Crippen LogP contribution in [0.5, 0.6) is 0 Å². The third-order valence-electron chi connectivity index (χ3n) is 6.26. The number of halogens is 2. The van der Waals surface area contributed by atoms with Gasteiger partial charge in [-0.15, -0.1) is 0 Å². The first-order valence-corrected chi connectivity index (χ1v) is 11.7. The monoisotopic (exact) mass is 470 g/mol. The molecule has 7 heteroatoms. The van der Waals surface area contributed by atoms with E-state index in [9.17, 15) is 0 Å². The number of rotatable bonds is 4. The zero-order valence-corrected chi connectivity index (χ0v) is 20.2. The number of fused-ring (bicyclic) bond motifs is 4. The van der Waals surface area contributed by atoms with Gasteiger partial charge in [-0.25, -0.2) is 0 Å². The number of hydrogen-bond donors (Lipinski definition) is 0. The number of oxazole rings is 1. The molecule has 1 aromatic heterocycles. The Kier molecular flexibility index (Phi) is 5.34. The van der Waals surface area contributed by atoms with Crippen LogP contribution in [-0.2, 0) is 11.3 Å². The predicted octanol–water partition coefficient (Wildman–Crippen LogP) is 6.22. The molecule has 0 saturated heterocycles. The minimum absolute atomic E-state index is 0.555. The molecular weight excluding hydrogens is 445 g/mol. The zero-order chi connectivity index (χ0) is 22.6. The molecule has 2 aliphatic rings. The largest absolute Gasteiger partial charge is 0.488 e. The molecule has 166 valence electrons. The summed E-state index contributed by atoms with van der Waals surface area (Å²) in [6.45, 7) is 11.4. The van der Waals surface area contributed by atoms with Gasteiger partial charge in [-0.2, -0.15) is 4.57 Å². The van der Waals surface area contributed by atoms with Crippen molar-refractivity contribution in [2.75, 3.05) is 29.5 Å². The highest BCUT2D eigenvalue weighted by atomic mass is 35.5. The van der Waals surface area contributed by atoms with E-state index in [4.69, 9.17) is 32.4 Å². The smallest absolute Gasteiger partial charge is 0.374 e. The first-order chi connectivity index (χ1) is 15.4. The molecule has 0 atom stereocenters. The van der Waals surface area contributed by atoms with E-state index in [1.807, 2.05) is 24.3 Å². The molecule has 5 nitrogen and oxygen atoms in total. The van der Waals surface area contributed by atoms with E-state index in [1.54, 1.807) is 0 Å². The first kappa shape index (κ1) is 21.2. The van der Waals surface area contributed by atoms with Gasteiger partial charge in [-0.05, 0) is 63.1 Å². The lowest BCUT2D eigenvalue weighted by atomic mass is 10.1. The van der Waals surface area contributed by atoms with Crippen molar-refractivity contribution in [3.05, 3.63) is 69.0 Å². The van der Waals surface area contributed by atoms with Crippen LogP contribution in [0.25, 0.3) is 17.2 Å². The van der Waals surface area contributed by atoms with E-state index in [0.29, 0.717) is 16.7 Å². The van der Waals surface area contributed by atoms with Crippen LogP contribution in [0.2, 0.25) is 10.0 Å². The van der Waals surface area contributed by atoms with Gasteiger partial charge in [0, 0.05) is 12.6 Å². The summed E-state index contributed by atoms with van der Waals surface area (Å²) >= 11 is 12.7. The van der Waals surface area contributed by atoms with Crippen LogP contribution < -0.4 is 14.4 Å². The number of allylic oxidation sites excluding steroid dienone is 1. The number of nitrogens with zero attached hydrogens (tertiary/aromatic N) is 3. The summed E-state index contributed by atoms with van der Waals surface area (Å²) in [7, 11) is 0. The van der Waals surface area contributed by atoms with Crippen LogP contribution in [0.3, 0.4) is 0 Å². The van der Waals surface area contributed by atoms with Gasteiger partial charge in [0.15, 0.2) is 11.6 Å². The van der Waals surface area contributed by atoms with E-state index < -0.39 is 0 Å². The van der Waals surface area contributed by atoms with E-state index in [-0.39, 0.29) is 0 Å². The molecule has 3 aromatic rings. The Hall–Kier alpha value is -2.63. The van der Waals surface area contributed by atoms with Gasteiger partial charge in [-0.1, -0.05) is 23.2 Å². The van der Waals surface area contributed by atoms with Gasteiger partial charge in [-0.3, -0.25) is 0 Å². The number of hydrogen-bond acceptors (Lipinski definition) is 4. The van der Waals surface area contributed by atoms with Crippen molar-refractivity contribution < 1.29 is 13.7 Å². The molecule has 0 amide bonds. The Labute approximate surface area is 198 Å². The van der Waals surface area contributed by atoms with Crippen molar-refractivity contribution in [2.24, 2.45) is 0 Å². The van der Waals surface area contributed by atoms with Crippen molar-refractivity contribution in [1.82, 2.24) is 0 Å². The van der Waals surface area contributed by atoms with Crippen molar-refractivity contribution in [3.63, 3.8) is 0 Å². The minimum Gasteiger partial charge on any atom is -0.488 e. The molecular formula is C25H26Cl2N3O2+. The highest BCUT2D eigenvalue weighted by Crippen LogP contribution is 2.47. The molecule has 0 saturated carbocycles. The molecule has 2 aliphatic heterocycles. The second-order valence-corrected chi connectivity index (χ2v) is 8.92. The fourth-order valence-corrected chi connectivity index (χ4v) is 4.85. The average Bonchev–Trinajstić information content (AvgIpc) is 3.27. The SMILES string of the molecule is CCN1C2=C(C=Cc3oc4cc(C)c(C)cc4[n+]3CC)OCCN2c2cc(Cl)c(Cl)cc21. The molecule has 0 radical (unpaired) electrons. The molecule has 2 aromatic carbocycles. The van der Waals surface area contributed by atoms with Gasteiger partial charge < -0.3 is 19.0 Å². The molecule has 0 bridgehead atoms. The maximum atomic E-state index is 6.33. The molecule has 0 aliphatic carbocycles. The molecule has 3 heterocycles. The fraction of sp³-hybridized carbons (Fsp3) is 0.320. The molecule has 5 rings (SSSR count). The lowest BCUT2D eigenvalue weighted by Gasteiger charge is -2.30. The number of aryl methyl sites for hydroxylation is 3. The standard InChI is InChI=1S/C25H26Cl2N3O2/c1-5-28-21-11-15(3)16(4)12-23(21)32-24(28)8-7-22-25-29(6-2)19-13-17(26)18(27)14-20(19)30(25)9-10-31-22/h7-8,11-14H,5-6,9-10H2,1-4H3/q+1. The van der Waals surface area contributed by atoms with E-state index in [1.165, 1.54) is 11.1 Å². The van der Waals surface area contributed by atoms with Crippen LogP contribution in [-0.4, -0.2) is 19.7 Å². The second-order valence-electron chi connectivity index (χ2n) is 8.11. The highest BCUT2D eigenvalue weighted by molar-refractivity contribution is 6.42. The Morgan fingerprint density at radius 3 is 2.44 bits per heavy atom. The van der Waals surface area contributed by atoms with Crippen molar-refractivity contribution in [2.45, 2.75) is 34.2 Å². The van der Waals surface area contributed by atoms with Crippen LogP contribution in [0.1, 0.15) is 30.9 Å². The Bertz CT molecular complexity index is 1270. The lowest BCUT2D eigenvalue weighted by molar-refractivity contribution is -0.674. The molecule has 0 fully saturated rings. The van der Waals surface area contributed by atoms with Gasteiger partial charge in [0.25, 0.3) is 5.52 Å². The number of benzene rings is 2. The van der Waals surface area contributed by atoms with E-state index >= 15 is 0 Å². The molecule has 32 heavy (non-hydrogen) atoms. The second kappa shape index (κ2) is 8.05. The van der Waals surface area contributed by atoms with Gasteiger partial charge in [0.2, 0.25) is 5.58 Å². The quantitative estimate of drug-likeness (QED) is 0.423. The first-order valence-electron chi connectivity index (χ1n) is 11.0. The van der Waals surface area contributed by atoms with Crippen LogP contribution in [0, 0.1) is 13.8 Å². The fourth-order valence-electron chi connectivity index (χ4n) is 4.53. The van der Waals surface area contributed by atoms with Gasteiger partial charge in [0.05, 0.1) is 34.0 Å². The maximum Gasteiger partial charge on any atom is 0.374 e. The lowest BCUT2D eigenvalue weighted by Crippen LogP contribution is -2.36. The van der Waals surface area contributed by atoms with Gasteiger partial charge >= 0.3 is 5.89 Å². The third-order valence-corrected chi connectivity index (χ3v) is 6.98. The summed E-state index contributed by atoms with van der Waals surface area (Å²) in [5.74, 6) is 2.61. The third kappa shape index (κ3) is 3.26. The number of aromatic nitrogens is 1. The summed E-state index contributed by atoms with van der Waals surface area (Å²) in [6.07, 6.45) is 4.00. The summed E-state index contributed by atoms with van der Waals surface area (Å²) in [5, 5.41) is 1.11. The summed E-state index contributed by atoms with van der Waals surface area (Å²) < 4.78 is 14.5. The number of ether oxygens (including phenoxy) is 1. The van der Waals surface area contributed by atoms with Gasteiger partial charge in [0.1, 0.15) is 13.2 Å². The van der Waals surface area contributed by atoms with Crippen LogP contribution in [0.15, 0.2) is 46.3 Å².